The Morgan fingerprint density at radius 3 is 2.53 bits per heavy atom. The van der Waals surface area contributed by atoms with Gasteiger partial charge >= 0.3 is 0 Å². The quantitative estimate of drug-likeness (QED) is 0.479. The van der Waals surface area contributed by atoms with Crippen LogP contribution in [0, 0.1) is 10.1 Å². The van der Waals surface area contributed by atoms with Crippen molar-refractivity contribution >= 4 is 11.6 Å². The Morgan fingerprint density at radius 2 is 1.91 bits per heavy atom. The predicted octanol–water partition coefficient (Wildman–Crippen LogP) is 3.30. The van der Waals surface area contributed by atoms with E-state index in [1.54, 1.807) is 26.4 Å². The van der Waals surface area contributed by atoms with Crippen LogP contribution in [0.2, 0.25) is 0 Å². The highest BCUT2D eigenvalue weighted by Gasteiger charge is 2.37. The van der Waals surface area contributed by atoms with Gasteiger partial charge in [-0.05, 0) is 54.7 Å². The highest BCUT2D eigenvalue weighted by Crippen LogP contribution is 2.39. The van der Waals surface area contributed by atoms with E-state index in [1.165, 1.54) is 12.1 Å². The SMILES string of the molecule is COc1cc2c(cc1OC)C(COc1ccc([N+](=O)[O-])cc1)N(C(=O)C1CCCO1)CC2. The standard InChI is InChI=1S/C23H26N2O7/c1-29-21-12-15-9-10-24(23(26)20-4-3-11-31-20)19(18(15)13-22(21)30-2)14-32-17-7-5-16(6-8-17)25(27)28/h5-8,12-13,19-20H,3-4,9-11,14H2,1-2H3. The smallest absolute Gasteiger partial charge is 0.269 e. The summed E-state index contributed by atoms with van der Waals surface area (Å²) >= 11 is 0. The number of methoxy groups -OCH3 is 2. The number of carbonyl (C=O) groups excluding carboxylic acids is 1. The molecular formula is C23H26N2O7. The molecule has 2 unspecified atom stereocenters. The molecule has 32 heavy (non-hydrogen) atoms. The number of nitro groups is 1. The molecule has 0 spiro atoms. The summed E-state index contributed by atoms with van der Waals surface area (Å²) in [5.74, 6) is 1.67. The summed E-state index contributed by atoms with van der Waals surface area (Å²) in [6.45, 7) is 1.32. The van der Waals surface area contributed by atoms with Crippen LogP contribution >= 0.6 is 0 Å². The van der Waals surface area contributed by atoms with Crippen molar-refractivity contribution in [2.24, 2.45) is 0 Å². The molecule has 2 heterocycles. The van der Waals surface area contributed by atoms with Gasteiger partial charge in [0.25, 0.3) is 11.6 Å². The fourth-order valence-corrected chi connectivity index (χ4v) is 4.27. The number of hydrogen-bond donors (Lipinski definition) is 0. The molecule has 0 aliphatic carbocycles. The molecule has 0 radical (unpaired) electrons. The third kappa shape index (κ3) is 4.34. The topological polar surface area (TPSA) is 100 Å². The molecular weight excluding hydrogens is 416 g/mol. The van der Waals surface area contributed by atoms with Crippen molar-refractivity contribution < 1.29 is 28.7 Å². The molecule has 2 aromatic rings. The predicted molar refractivity (Wildman–Crippen MR) is 115 cm³/mol. The van der Waals surface area contributed by atoms with E-state index in [-0.39, 0.29) is 24.2 Å². The summed E-state index contributed by atoms with van der Waals surface area (Å²) in [5, 5.41) is 10.9. The lowest BCUT2D eigenvalue weighted by Crippen LogP contribution is -2.46. The van der Waals surface area contributed by atoms with Crippen LogP contribution in [-0.4, -0.2) is 55.8 Å². The Hall–Kier alpha value is -3.33. The molecule has 0 bridgehead atoms. The second-order valence-corrected chi connectivity index (χ2v) is 7.77. The maximum absolute atomic E-state index is 13.2. The van der Waals surface area contributed by atoms with Crippen molar-refractivity contribution in [3.63, 3.8) is 0 Å². The first-order valence-corrected chi connectivity index (χ1v) is 10.6. The van der Waals surface area contributed by atoms with E-state index in [0.717, 1.165) is 17.5 Å². The van der Waals surface area contributed by atoms with Crippen LogP contribution in [0.3, 0.4) is 0 Å². The zero-order chi connectivity index (χ0) is 22.7. The molecule has 1 saturated heterocycles. The highest BCUT2D eigenvalue weighted by molar-refractivity contribution is 5.82. The molecule has 0 N–H and O–H groups in total. The average Bonchev–Trinajstić information content (AvgIpc) is 3.36. The third-order valence-corrected chi connectivity index (χ3v) is 5.95. The second-order valence-electron chi connectivity index (χ2n) is 7.77. The van der Waals surface area contributed by atoms with Gasteiger partial charge in [0, 0.05) is 25.3 Å². The van der Waals surface area contributed by atoms with E-state index in [9.17, 15) is 14.9 Å². The van der Waals surface area contributed by atoms with Gasteiger partial charge in [-0.3, -0.25) is 14.9 Å². The zero-order valence-corrected chi connectivity index (χ0v) is 18.1. The number of non-ortho nitro benzene ring substituents is 1. The first kappa shape index (κ1) is 21.9. The minimum Gasteiger partial charge on any atom is -0.493 e. The number of fused-ring (bicyclic) bond motifs is 1. The minimum atomic E-state index is -0.456. The number of hydrogen-bond acceptors (Lipinski definition) is 7. The van der Waals surface area contributed by atoms with E-state index >= 15 is 0 Å². The Bertz CT molecular complexity index is 987. The molecule has 2 aliphatic heterocycles. The van der Waals surface area contributed by atoms with Gasteiger partial charge in [-0.1, -0.05) is 0 Å². The summed E-state index contributed by atoms with van der Waals surface area (Å²) < 4.78 is 22.6. The minimum absolute atomic E-state index is 0.00706. The Balaban J connectivity index is 1.63. The van der Waals surface area contributed by atoms with Crippen LogP contribution in [-0.2, 0) is 16.0 Å². The molecule has 9 heteroatoms. The molecule has 1 fully saturated rings. The Kier molecular flexibility index (Phi) is 6.45. The molecule has 1 amide bonds. The van der Waals surface area contributed by atoms with Crippen molar-refractivity contribution in [1.82, 2.24) is 4.90 Å². The van der Waals surface area contributed by atoms with E-state index in [4.69, 9.17) is 18.9 Å². The number of nitro benzene ring substituents is 1. The molecule has 9 nitrogen and oxygen atoms in total. The van der Waals surface area contributed by atoms with Crippen molar-refractivity contribution in [2.75, 3.05) is 34.0 Å². The molecule has 2 aromatic carbocycles. The maximum atomic E-state index is 13.2. The van der Waals surface area contributed by atoms with E-state index in [2.05, 4.69) is 0 Å². The van der Waals surface area contributed by atoms with Crippen molar-refractivity contribution in [3.8, 4) is 17.2 Å². The van der Waals surface area contributed by atoms with Crippen LogP contribution in [0.25, 0.3) is 0 Å². The molecule has 4 rings (SSSR count). The maximum Gasteiger partial charge on any atom is 0.269 e. The van der Waals surface area contributed by atoms with Gasteiger partial charge in [-0.15, -0.1) is 0 Å². The lowest BCUT2D eigenvalue weighted by molar-refractivity contribution is -0.384. The van der Waals surface area contributed by atoms with Crippen molar-refractivity contribution in [2.45, 2.75) is 31.4 Å². The van der Waals surface area contributed by atoms with Gasteiger partial charge in [0.05, 0.1) is 25.2 Å². The summed E-state index contributed by atoms with van der Waals surface area (Å²) in [6.07, 6.45) is 1.83. The van der Waals surface area contributed by atoms with Crippen LogP contribution in [0.4, 0.5) is 5.69 Å². The number of carbonyl (C=O) groups is 1. The zero-order valence-electron chi connectivity index (χ0n) is 18.1. The molecule has 0 saturated carbocycles. The number of ether oxygens (including phenoxy) is 4. The van der Waals surface area contributed by atoms with E-state index in [0.29, 0.717) is 43.2 Å². The Labute approximate surface area is 186 Å². The number of rotatable bonds is 7. The van der Waals surface area contributed by atoms with E-state index in [1.807, 2.05) is 17.0 Å². The highest BCUT2D eigenvalue weighted by atomic mass is 16.6. The molecule has 0 aromatic heterocycles. The first-order valence-electron chi connectivity index (χ1n) is 10.6. The summed E-state index contributed by atoms with van der Waals surface area (Å²) in [4.78, 5) is 25.5. The molecule has 170 valence electrons. The summed E-state index contributed by atoms with van der Waals surface area (Å²) in [5.41, 5.74) is 1.99. The van der Waals surface area contributed by atoms with Crippen LogP contribution < -0.4 is 14.2 Å². The first-order chi connectivity index (χ1) is 15.5. The second kappa shape index (κ2) is 9.44. The lowest BCUT2D eigenvalue weighted by atomic mass is 9.91. The average molecular weight is 442 g/mol. The van der Waals surface area contributed by atoms with Crippen molar-refractivity contribution in [3.05, 3.63) is 57.6 Å². The Morgan fingerprint density at radius 1 is 1.19 bits per heavy atom. The monoisotopic (exact) mass is 442 g/mol. The van der Waals surface area contributed by atoms with Crippen LogP contribution in [0.1, 0.15) is 30.0 Å². The fourth-order valence-electron chi connectivity index (χ4n) is 4.27. The number of benzene rings is 2. The third-order valence-electron chi connectivity index (χ3n) is 5.95. The van der Waals surface area contributed by atoms with Crippen molar-refractivity contribution in [1.29, 1.82) is 0 Å². The van der Waals surface area contributed by atoms with Crippen LogP contribution in [0.5, 0.6) is 17.2 Å². The van der Waals surface area contributed by atoms with Gasteiger partial charge in [-0.25, -0.2) is 0 Å². The largest absolute Gasteiger partial charge is 0.493 e. The van der Waals surface area contributed by atoms with Gasteiger partial charge in [0.2, 0.25) is 0 Å². The number of amides is 1. The lowest BCUT2D eigenvalue weighted by Gasteiger charge is -2.38. The van der Waals surface area contributed by atoms with Gasteiger partial charge in [0.15, 0.2) is 11.5 Å². The van der Waals surface area contributed by atoms with Gasteiger partial charge < -0.3 is 23.8 Å². The van der Waals surface area contributed by atoms with Crippen LogP contribution in [0.15, 0.2) is 36.4 Å². The summed E-state index contributed by atoms with van der Waals surface area (Å²) in [7, 11) is 3.17. The summed E-state index contributed by atoms with van der Waals surface area (Å²) in [6, 6.07) is 9.39. The molecule has 2 atom stereocenters. The van der Waals surface area contributed by atoms with Gasteiger partial charge in [-0.2, -0.15) is 0 Å². The number of nitrogens with zero attached hydrogens (tertiary/aromatic N) is 2. The fraction of sp³-hybridized carbons (Fsp3) is 0.435. The van der Waals surface area contributed by atoms with Gasteiger partial charge in [0.1, 0.15) is 18.5 Å². The normalized spacial score (nSPS) is 19.9. The van der Waals surface area contributed by atoms with E-state index < -0.39 is 11.0 Å². The molecule has 2 aliphatic rings.